The molecule has 0 saturated carbocycles. The molecule has 0 unspecified atom stereocenters. The van der Waals surface area contributed by atoms with Crippen molar-refractivity contribution in [1.82, 2.24) is 0 Å². The Kier molecular flexibility index (Phi) is 5.45. The number of anilines is 1. The highest BCUT2D eigenvalue weighted by Gasteiger charge is 2.10. The predicted molar refractivity (Wildman–Crippen MR) is 98.8 cm³/mol. The summed E-state index contributed by atoms with van der Waals surface area (Å²) in [5.74, 6) is 0.576. The van der Waals surface area contributed by atoms with E-state index in [2.05, 4.69) is 27.9 Å². The van der Waals surface area contributed by atoms with Crippen molar-refractivity contribution in [3.05, 3.63) is 56.7 Å². The van der Waals surface area contributed by atoms with Gasteiger partial charge in [-0.2, -0.15) is 0 Å². The summed E-state index contributed by atoms with van der Waals surface area (Å²) >= 11 is 2.32. The molecule has 0 aliphatic heterocycles. The maximum absolute atomic E-state index is 12.4. The highest BCUT2D eigenvalue weighted by atomic mass is 127. The van der Waals surface area contributed by atoms with Crippen LogP contribution in [-0.4, -0.2) is 12.0 Å². The van der Waals surface area contributed by atoms with E-state index in [1.165, 1.54) is 3.57 Å². The molecule has 0 saturated heterocycles. The lowest BCUT2D eigenvalue weighted by atomic mass is 10.1. The molecule has 3 nitrogen and oxygen atoms in total. The number of hydrogen-bond donors (Lipinski definition) is 1. The average Bonchev–Trinajstić information content (AvgIpc) is 2.44. The summed E-state index contributed by atoms with van der Waals surface area (Å²) in [6, 6.07) is 11.2. The fraction of sp³-hybridized carbons (Fsp3) is 0.278. The Bertz CT molecular complexity index is 672. The van der Waals surface area contributed by atoms with Gasteiger partial charge < -0.3 is 10.1 Å². The maximum Gasteiger partial charge on any atom is 0.255 e. The van der Waals surface area contributed by atoms with E-state index in [0.29, 0.717) is 11.3 Å². The standard InChI is InChI=1S/C18H20INO2/c1-11(2)22-16-7-5-6-14(10-16)18(21)20-15-8-12(3)17(19)13(4)9-15/h5-11H,1-4H3,(H,20,21). The molecule has 1 N–H and O–H groups in total. The van der Waals surface area contributed by atoms with Crippen molar-refractivity contribution >= 4 is 34.2 Å². The van der Waals surface area contributed by atoms with Crippen molar-refractivity contribution in [1.29, 1.82) is 0 Å². The monoisotopic (exact) mass is 409 g/mol. The van der Waals surface area contributed by atoms with Crippen molar-refractivity contribution in [2.24, 2.45) is 0 Å². The quantitative estimate of drug-likeness (QED) is 0.726. The first-order valence-corrected chi connectivity index (χ1v) is 8.29. The Hall–Kier alpha value is -1.56. The number of hydrogen-bond acceptors (Lipinski definition) is 2. The highest BCUT2D eigenvalue weighted by molar-refractivity contribution is 14.1. The number of aryl methyl sites for hydroxylation is 2. The third-order valence-electron chi connectivity index (χ3n) is 3.16. The number of halogens is 1. The molecule has 0 radical (unpaired) electrons. The Morgan fingerprint density at radius 1 is 1.14 bits per heavy atom. The number of rotatable bonds is 4. The van der Waals surface area contributed by atoms with Gasteiger partial charge in [-0.1, -0.05) is 6.07 Å². The predicted octanol–water partition coefficient (Wildman–Crippen LogP) is 4.95. The van der Waals surface area contributed by atoms with Crippen LogP contribution >= 0.6 is 22.6 Å². The molecule has 0 heterocycles. The summed E-state index contributed by atoms with van der Waals surface area (Å²) in [6.45, 7) is 8.01. The van der Waals surface area contributed by atoms with Gasteiger partial charge in [0, 0.05) is 14.8 Å². The van der Waals surface area contributed by atoms with Crippen molar-refractivity contribution in [2.75, 3.05) is 5.32 Å². The van der Waals surface area contributed by atoms with E-state index in [1.54, 1.807) is 12.1 Å². The van der Waals surface area contributed by atoms with Gasteiger partial charge in [-0.25, -0.2) is 0 Å². The molecule has 0 fully saturated rings. The zero-order valence-corrected chi connectivity index (χ0v) is 15.4. The van der Waals surface area contributed by atoms with Crippen LogP contribution in [0.15, 0.2) is 36.4 Å². The Labute approximate surface area is 145 Å². The van der Waals surface area contributed by atoms with Gasteiger partial charge in [-0.15, -0.1) is 0 Å². The van der Waals surface area contributed by atoms with E-state index in [0.717, 1.165) is 16.8 Å². The lowest BCUT2D eigenvalue weighted by Crippen LogP contribution is -2.13. The second-order valence-electron chi connectivity index (χ2n) is 5.57. The molecule has 0 spiro atoms. The summed E-state index contributed by atoms with van der Waals surface area (Å²) < 4.78 is 6.85. The minimum Gasteiger partial charge on any atom is -0.491 e. The number of benzene rings is 2. The van der Waals surface area contributed by atoms with Gasteiger partial charge >= 0.3 is 0 Å². The molecule has 0 aromatic heterocycles. The van der Waals surface area contributed by atoms with E-state index in [9.17, 15) is 4.79 Å². The summed E-state index contributed by atoms with van der Waals surface area (Å²) in [6.07, 6.45) is 0.0832. The van der Waals surface area contributed by atoms with Crippen molar-refractivity contribution in [3.63, 3.8) is 0 Å². The van der Waals surface area contributed by atoms with Gasteiger partial charge in [0.2, 0.25) is 0 Å². The number of amides is 1. The molecule has 0 atom stereocenters. The maximum atomic E-state index is 12.4. The van der Waals surface area contributed by atoms with E-state index < -0.39 is 0 Å². The van der Waals surface area contributed by atoms with Crippen LogP contribution in [0, 0.1) is 17.4 Å². The van der Waals surface area contributed by atoms with E-state index in [1.807, 2.05) is 52.0 Å². The van der Waals surface area contributed by atoms with Crippen LogP contribution in [0.5, 0.6) is 5.75 Å². The number of ether oxygens (including phenoxy) is 1. The fourth-order valence-corrected chi connectivity index (χ4v) is 2.52. The first kappa shape index (κ1) is 16.8. The highest BCUT2D eigenvalue weighted by Crippen LogP contribution is 2.22. The van der Waals surface area contributed by atoms with Crippen molar-refractivity contribution in [2.45, 2.75) is 33.8 Å². The molecule has 0 aliphatic carbocycles. The van der Waals surface area contributed by atoms with Gasteiger partial charge in [0.05, 0.1) is 6.10 Å². The molecule has 0 aliphatic rings. The molecule has 116 valence electrons. The van der Waals surface area contributed by atoms with Gasteiger partial charge in [-0.3, -0.25) is 4.79 Å². The first-order valence-electron chi connectivity index (χ1n) is 7.21. The van der Waals surface area contributed by atoms with Crippen molar-refractivity contribution in [3.8, 4) is 5.75 Å². The lowest BCUT2D eigenvalue weighted by molar-refractivity contribution is 0.102. The Morgan fingerprint density at radius 2 is 1.77 bits per heavy atom. The normalized spacial score (nSPS) is 10.6. The molecule has 0 bridgehead atoms. The van der Waals surface area contributed by atoms with Crippen LogP contribution < -0.4 is 10.1 Å². The molecule has 22 heavy (non-hydrogen) atoms. The van der Waals surface area contributed by atoms with Crippen LogP contribution in [0.4, 0.5) is 5.69 Å². The van der Waals surface area contributed by atoms with Crippen LogP contribution in [0.3, 0.4) is 0 Å². The molecule has 2 aromatic carbocycles. The Balaban J connectivity index is 2.19. The summed E-state index contributed by atoms with van der Waals surface area (Å²) in [5.41, 5.74) is 3.73. The molecule has 2 aromatic rings. The third kappa shape index (κ3) is 4.22. The second kappa shape index (κ2) is 7.13. The van der Waals surface area contributed by atoms with Crippen LogP contribution in [0.25, 0.3) is 0 Å². The smallest absolute Gasteiger partial charge is 0.255 e. The Morgan fingerprint density at radius 3 is 2.36 bits per heavy atom. The molecule has 2 rings (SSSR count). The number of carbonyl (C=O) groups is 1. The van der Waals surface area contributed by atoms with Gasteiger partial charge in [-0.05, 0) is 91.7 Å². The fourth-order valence-electron chi connectivity index (χ4n) is 2.20. The largest absolute Gasteiger partial charge is 0.491 e. The third-order valence-corrected chi connectivity index (χ3v) is 4.86. The molecule has 1 amide bonds. The van der Waals surface area contributed by atoms with Crippen molar-refractivity contribution < 1.29 is 9.53 Å². The first-order chi connectivity index (χ1) is 10.4. The molecular formula is C18H20INO2. The average molecular weight is 409 g/mol. The van der Waals surface area contributed by atoms with Gasteiger partial charge in [0.25, 0.3) is 5.91 Å². The summed E-state index contributed by atoms with van der Waals surface area (Å²) in [7, 11) is 0. The molecule has 4 heteroatoms. The minimum absolute atomic E-state index is 0.0832. The van der Waals surface area contributed by atoms with Gasteiger partial charge in [0.15, 0.2) is 0 Å². The van der Waals surface area contributed by atoms with E-state index in [-0.39, 0.29) is 12.0 Å². The van der Waals surface area contributed by atoms with Gasteiger partial charge in [0.1, 0.15) is 5.75 Å². The number of nitrogens with one attached hydrogen (secondary N) is 1. The SMILES string of the molecule is Cc1cc(NC(=O)c2cccc(OC(C)C)c2)cc(C)c1I. The second-order valence-corrected chi connectivity index (χ2v) is 6.65. The minimum atomic E-state index is -0.130. The molecular weight excluding hydrogens is 389 g/mol. The number of carbonyl (C=O) groups excluding carboxylic acids is 1. The lowest BCUT2D eigenvalue weighted by Gasteiger charge is -2.12. The topological polar surface area (TPSA) is 38.3 Å². The zero-order valence-electron chi connectivity index (χ0n) is 13.2. The van der Waals surface area contributed by atoms with Crippen LogP contribution in [0.1, 0.15) is 35.3 Å². The van der Waals surface area contributed by atoms with E-state index in [4.69, 9.17) is 4.74 Å². The summed E-state index contributed by atoms with van der Waals surface area (Å²) in [4.78, 5) is 12.4. The zero-order chi connectivity index (χ0) is 16.3. The van der Waals surface area contributed by atoms with Crippen LogP contribution in [-0.2, 0) is 0 Å². The summed E-state index contributed by atoms with van der Waals surface area (Å²) in [5, 5.41) is 2.95. The van der Waals surface area contributed by atoms with E-state index >= 15 is 0 Å². The van der Waals surface area contributed by atoms with Crippen LogP contribution in [0.2, 0.25) is 0 Å².